The van der Waals surface area contributed by atoms with E-state index >= 15 is 0 Å². The van der Waals surface area contributed by atoms with E-state index in [0.717, 1.165) is 16.3 Å². The molecule has 64 valence electrons. The molecule has 0 saturated carbocycles. The van der Waals surface area contributed by atoms with E-state index in [0.29, 0.717) is 11.7 Å². The molecule has 3 nitrogen and oxygen atoms in total. The van der Waals surface area contributed by atoms with Gasteiger partial charge < -0.3 is 5.73 Å². The largest absolute Gasteiger partial charge is 0.325 e. The number of halogens is 1. The predicted octanol–water partition coefficient (Wildman–Crippen LogP) is 1.82. The van der Waals surface area contributed by atoms with Crippen LogP contribution in [0.2, 0.25) is 5.15 Å². The van der Waals surface area contributed by atoms with Crippen LogP contribution in [0.15, 0.2) is 5.38 Å². The van der Waals surface area contributed by atoms with Gasteiger partial charge in [-0.2, -0.15) is 0 Å². The minimum atomic E-state index is 0.428. The monoisotopic (exact) mass is 201 g/mol. The van der Waals surface area contributed by atoms with Crippen molar-refractivity contribution in [2.75, 3.05) is 0 Å². The van der Waals surface area contributed by atoms with Gasteiger partial charge in [-0.3, -0.25) is 4.40 Å². The van der Waals surface area contributed by atoms with Gasteiger partial charge in [-0.05, 0) is 6.92 Å². The maximum absolute atomic E-state index is 5.88. The number of nitrogens with zero attached hydrogens (tertiary/aromatic N) is 2. The molecule has 0 fully saturated rings. The van der Waals surface area contributed by atoms with Crippen molar-refractivity contribution in [2.24, 2.45) is 5.73 Å². The number of thiazole rings is 1. The molecule has 12 heavy (non-hydrogen) atoms. The summed E-state index contributed by atoms with van der Waals surface area (Å²) in [5.41, 5.74) is 7.58. The molecular formula is C7H8ClN3S. The van der Waals surface area contributed by atoms with Crippen LogP contribution in [0, 0.1) is 6.92 Å². The number of imidazole rings is 1. The zero-order chi connectivity index (χ0) is 8.72. The van der Waals surface area contributed by atoms with Crippen molar-refractivity contribution in [3.8, 4) is 0 Å². The Morgan fingerprint density at radius 2 is 2.50 bits per heavy atom. The first-order chi connectivity index (χ1) is 5.74. The van der Waals surface area contributed by atoms with Gasteiger partial charge in [0.05, 0.1) is 5.69 Å². The third-order valence-corrected chi connectivity index (χ3v) is 3.02. The van der Waals surface area contributed by atoms with Crippen LogP contribution in [0.1, 0.15) is 11.4 Å². The van der Waals surface area contributed by atoms with Crippen molar-refractivity contribution >= 4 is 27.9 Å². The van der Waals surface area contributed by atoms with Gasteiger partial charge in [0.25, 0.3) is 0 Å². The number of hydrogen-bond acceptors (Lipinski definition) is 3. The second kappa shape index (κ2) is 2.73. The van der Waals surface area contributed by atoms with E-state index in [4.69, 9.17) is 17.3 Å². The van der Waals surface area contributed by atoms with Crippen molar-refractivity contribution in [1.29, 1.82) is 0 Å². The molecule has 0 spiro atoms. The van der Waals surface area contributed by atoms with Crippen LogP contribution in [-0.4, -0.2) is 9.38 Å². The van der Waals surface area contributed by atoms with E-state index < -0.39 is 0 Å². The lowest BCUT2D eigenvalue weighted by Gasteiger charge is -1.95. The van der Waals surface area contributed by atoms with Gasteiger partial charge in [0.1, 0.15) is 0 Å². The lowest BCUT2D eigenvalue weighted by Crippen LogP contribution is -2.01. The summed E-state index contributed by atoms with van der Waals surface area (Å²) in [4.78, 5) is 5.09. The van der Waals surface area contributed by atoms with Crippen LogP contribution in [0.4, 0.5) is 0 Å². The van der Waals surface area contributed by atoms with Crippen LogP contribution in [0.3, 0.4) is 0 Å². The number of hydrogen-bond donors (Lipinski definition) is 1. The van der Waals surface area contributed by atoms with Crippen molar-refractivity contribution in [1.82, 2.24) is 9.38 Å². The molecule has 0 bridgehead atoms. The lowest BCUT2D eigenvalue weighted by atomic mass is 10.4. The highest BCUT2D eigenvalue weighted by Gasteiger charge is 2.11. The Morgan fingerprint density at radius 1 is 1.75 bits per heavy atom. The molecular weight excluding hydrogens is 194 g/mol. The van der Waals surface area contributed by atoms with Crippen LogP contribution in [0.5, 0.6) is 0 Å². The van der Waals surface area contributed by atoms with Gasteiger partial charge >= 0.3 is 0 Å². The Balaban J connectivity index is 2.84. The lowest BCUT2D eigenvalue weighted by molar-refractivity contribution is 0.944. The topological polar surface area (TPSA) is 43.3 Å². The Kier molecular flexibility index (Phi) is 1.83. The van der Waals surface area contributed by atoms with Crippen molar-refractivity contribution in [3.63, 3.8) is 0 Å². The highest BCUT2D eigenvalue weighted by Crippen LogP contribution is 2.23. The molecule has 2 aromatic rings. The van der Waals surface area contributed by atoms with Gasteiger partial charge in [-0.15, -0.1) is 11.3 Å². The second-order valence-corrected chi connectivity index (χ2v) is 3.74. The van der Waals surface area contributed by atoms with Crippen LogP contribution < -0.4 is 5.73 Å². The van der Waals surface area contributed by atoms with E-state index in [1.807, 2.05) is 16.7 Å². The standard InChI is InChI=1S/C7H8ClN3S/c1-4-3-12-7-10-6(8)5(2-9)11(4)7/h3H,2,9H2,1H3. The number of rotatable bonds is 1. The molecule has 0 radical (unpaired) electrons. The van der Waals surface area contributed by atoms with Crippen molar-refractivity contribution in [2.45, 2.75) is 13.5 Å². The van der Waals surface area contributed by atoms with Gasteiger partial charge in [-0.25, -0.2) is 4.98 Å². The molecule has 0 amide bonds. The average Bonchev–Trinajstić information content (AvgIpc) is 2.52. The molecule has 0 atom stereocenters. The van der Waals surface area contributed by atoms with E-state index in [2.05, 4.69) is 4.98 Å². The summed E-state index contributed by atoms with van der Waals surface area (Å²) in [6, 6.07) is 0. The van der Waals surface area contributed by atoms with Crippen LogP contribution >= 0.6 is 22.9 Å². The average molecular weight is 202 g/mol. The highest BCUT2D eigenvalue weighted by molar-refractivity contribution is 7.15. The first kappa shape index (κ1) is 8.04. The van der Waals surface area contributed by atoms with E-state index in [9.17, 15) is 0 Å². The fraction of sp³-hybridized carbons (Fsp3) is 0.286. The highest BCUT2D eigenvalue weighted by atomic mass is 35.5. The molecule has 0 unspecified atom stereocenters. The maximum atomic E-state index is 5.88. The molecule has 2 rings (SSSR count). The van der Waals surface area contributed by atoms with Gasteiger partial charge in [0.2, 0.25) is 0 Å². The minimum Gasteiger partial charge on any atom is -0.325 e. The fourth-order valence-electron chi connectivity index (χ4n) is 1.22. The summed E-state index contributed by atoms with van der Waals surface area (Å²) >= 11 is 7.45. The third kappa shape index (κ3) is 0.957. The molecule has 0 aromatic carbocycles. The molecule has 2 N–H and O–H groups in total. The summed E-state index contributed by atoms with van der Waals surface area (Å²) in [7, 11) is 0. The fourth-order valence-corrected chi connectivity index (χ4v) is 2.39. The zero-order valence-electron chi connectivity index (χ0n) is 6.54. The summed E-state index contributed by atoms with van der Waals surface area (Å²) in [5, 5.41) is 2.56. The Morgan fingerprint density at radius 3 is 3.17 bits per heavy atom. The molecule has 2 aromatic heterocycles. The first-order valence-corrected chi connectivity index (χ1v) is 4.80. The molecule has 0 aliphatic carbocycles. The summed E-state index contributed by atoms with van der Waals surface area (Å²) in [6.45, 7) is 2.44. The van der Waals surface area contributed by atoms with E-state index in [1.165, 1.54) is 0 Å². The van der Waals surface area contributed by atoms with Crippen LogP contribution in [-0.2, 0) is 6.54 Å². The molecule has 0 aliphatic rings. The van der Waals surface area contributed by atoms with Crippen molar-refractivity contribution in [3.05, 3.63) is 21.9 Å². The summed E-state index contributed by atoms with van der Waals surface area (Å²) in [5.74, 6) is 0. The van der Waals surface area contributed by atoms with Gasteiger partial charge in [-0.1, -0.05) is 11.6 Å². The molecule has 0 aliphatic heterocycles. The van der Waals surface area contributed by atoms with Gasteiger partial charge in [0.15, 0.2) is 10.1 Å². The summed E-state index contributed by atoms with van der Waals surface area (Å²) < 4.78 is 1.99. The van der Waals surface area contributed by atoms with E-state index in [1.54, 1.807) is 11.3 Å². The summed E-state index contributed by atoms with van der Waals surface area (Å²) in [6.07, 6.45) is 0. The third-order valence-electron chi connectivity index (χ3n) is 1.77. The second-order valence-electron chi connectivity index (χ2n) is 2.55. The molecule has 5 heteroatoms. The Labute approximate surface area is 78.8 Å². The number of aryl methyl sites for hydroxylation is 1. The smallest absolute Gasteiger partial charge is 0.195 e. The number of nitrogens with two attached hydrogens (primary N) is 1. The zero-order valence-corrected chi connectivity index (χ0v) is 8.11. The molecule has 2 heterocycles. The number of aromatic nitrogens is 2. The molecule has 0 saturated heterocycles. The maximum Gasteiger partial charge on any atom is 0.195 e. The minimum absolute atomic E-state index is 0.428. The van der Waals surface area contributed by atoms with Gasteiger partial charge in [0, 0.05) is 17.6 Å². The predicted molar refractivity (Wildman–Crippen MR) is 50.7 cm³/mol. The SMILES string of the molecule is Cc1csc2nc(Cl)c(CN)n12. The Bertz CT molecular complexity index is 417. The normalized spacial score (nSPS) is 11.2. The number of fused-ring (bicyclic) bond motifs is 1. The van der Waals surface area contributed by atoms with Crippen molar-refractivity contribution < 1.29 is 0 Å². The first-order valence-electron chi connectivity index (χ1n) is 3.55. The quantitative estimate of drug-likeness (QED) is 0.765. The van der Waals surface area contributed by atoms with Crippen LogP contribution in [0.25, 0.3) is 4.96 Å². The van der Waals surface area contributed by atoms with E-state index in [-0.39, 0.29) is 0 Å². The Hall–Kier alpha value is -0.580.